The first-order valence-corrected chi connectivity index (χ1v) is 12.2. The lowest BCUT2D eigenvalue weighted by Gasteiger charge is -2.13. The quantitative estimate of drug-likeness (QED) is 0.234. The zero-order valence-electron chi connectivity index (χ0n) is 20.1. The summed E-state index contributed by atoms with van der Waals surface area (Å²) in [5, 5.41) is 6.73. The molecule has 8 nitrogen and oxygen atoms in total. The van der Waals surface area contributed by atoms with Crippen molar-refractivity contribution in [3.63, 3.8) is 0 Å². The number of anilines is 1. The van der Waals surface area contributed by atoms with E-state index in [4.69, 9.17) is 14.2 Å². The van der Waals surface area contributed by atoms with E-state index in [-0.39, 0.29) is 24.7 Å². The molecule has 36 heavy (non-hydrogen) atoms. The Balaban J connectivity index is 1.47. The van der Waals surface area contributed by atoms with Crippen molar-refractivity contribution in [2.75, 3.05) is 19.0 Å². The molecule has 0 saturated heterocycles. The predicted molar refractivity (Wildman–Crippen MR) is 143 cm³/mol. The Morgan fingerprint density at radius 2 is 1.69 bits per heavy atom. The third-order valence-electron chi connectivity index (χ3n) is 4.91. The van der Waals surface area contributed by atoms with Gasteiger partial charge in [0.1, 0.15) is 12.4 Å². The lowest BCUT2D eigenvalue weighted by molar-refractivity contribution is -0.124. The van der Waals surface area contributed by atoms with Crippen LogP contribution in [0.25, 0.3) is 0 Å². The molecule has 0 bridgehead atoms. The number of benzene rings is 3. The maximum Gasteiger partial charge on any atom is 0.240 e. The number of nitrogens with zero attached hydrogens (tertiary/aromatic N) is 1. The van der Waals surface area contributed by atoms with Gasteiger partial charge in [0, 0.05) is 18.5 Å². The van der Waals surface area contributed by atoms with Gasteiger partial charge < -0.3 is 19.5 Å². The fourth-order valence-electron chi connectivity index (χ4n) is 3.17. The highest BCUT2D eigenvalue weighted by Crippen LogP contribution is 2.36. The second-order valence-corrected chi connectivity index (χ2v) is 8.46. The predicted octanol–water partition coefficient (Wildman–Crippen LogP) is 5.30. The van der Waals surface area contributed by atoms with Crippen molar-refractivity contribution in [2.45, 2.75) is 26.4 Å². The van der Waals surface area contributed by atoms with E-state index < -0.39 is 0 Å². The van der Waals surface area contributed by atoms with Crippen molar-refractivity contribution in [3.05, 3.63) is 82.3 Å². The van der Waals surface area contributed by atoms with Crippen LogP contribution in [0.4, 0.5) is 5.69 Å². The van der Waals surface area contributed by atoms with Gasteiger partial charge in [-0.15, -0.1) is 0 Å². The van der Waals surface area contributed by atoms with Crippen LogP contribution in [-0.4, -0.2) is 31.7 Å². The molecule has 0 heterocycles. The molecular formula is C27H28BrN3O5. The molecule has 0 aliphatic heterocycles. The minimum atomic E-state index is -0.373. The molecule has 0 aliphatic rings. The summed E-state index contributed by atoms with van der Waals surface area (Å²) in [5.74, 6) is 1.19. The third-order valence-corrected chi connectivity index (χ3v) is 5.50. The van der Waals surface area contributed by atoms with E-state index in [0.717, 1.165) is 11.3 Å². The summed E-state index contributed by atoms with van der Waals surface area (Å²) in [7, 11) is 1.55. The van der Waals surface area contributed by atoms with Gasteiger partial charge in [-0.05, 0) is 70.4 Å². The largest absolute Gasteiger partial charge is 0.494 e. The Labute approximate surface area is 218 Å². The van der Waals surface area contributed by atoms with E-state index in [2.05, 4.69) is 31.8 Å². The molecule has 3 aromatic rings. The lowest BCUT2D eigenvalue weighted by Crippen LogP contribution is -2.20. The molecule has 0 saturated carbocycles. The summed E-state index contributed by atoms with van der Waals surface area (Å²) in [6, 6.07) is 20.4. The first-order chi connectivity index (χ1) is 17.5. The molecule has 3 rings (SSSR count). The summed E-state index contributed by atoms with van der Waals surface area (Å²) in [4.78, 5) is 24.2. The highest BCUT2D eigenvalue weighted by molar-refractivity contribution is 9.10. The highest BCUT2D eigenvalue weighted by Gasteiger charge is 2.12. The van der Waals surface area contributed by atoms with Crippen LogP contribution in [0.5, 0.6) is 17.2 Å². The fraction of sp³-hybridized carbons (Fsp3) is 0.222. The molecule has 0 aliphatic carbocycles. The monoisotopic (exact) mass is 553 g/mol. The van der Waals surface area contributed by atoms with E-state index in [9.17, 15) is 9.59 Å². The van der Waals surface area contributed by atoms with Gasteiger partial charge in [0.15, 0.2) is 11.5 Å². The number of hydrogen-bond acceptors (Lipinski definition) is 6. The molecule has 3 aromatic carbocycles. The minimum absolute atomic E-state index is 0.000514. The summed E-state index contributed by atoms with van der Waals surface area (Å²) in [5.41, 5.74) is 4.80. The Morgan fingerprint density at radius 1 is 0.972 bits per heavy atom. The molecule has 0 spiro atoms. The van der Waals surface area contributed by atoms with Crippen LogP contribution < -0.4 is 25.0 Å². The maximum atomic E-state index is 12.1. The van der Waals surface area contributed by atoms with Crippen LogP contribution in [0.1, 0.15) is 30.9 Å². The molecule has 188 valence electrons. The molecule has 0 unspecified atom stereocenters. The van der Waals surface area contributed by atoms with Gasteiger partial charge in [-0.25, -0.2) is 5.43 Å². The standard InChI is InChI=1S/C27H28BrN3O5/c1-3-35-22-11-9-21(10-12-22)30-25(32)13-14-26(33)31-29-17-20-15-23(28)27(24(16-20)34-2)36-18-19-7-5-4-6-8-19/h4-12,15-17H,3,13-14,18H2,1-2H3,(H,30,32)(H,31,33). The van der Waals surface area contributed by atoms with Crippen molar-refractivity contribution < 1.29 is 23.8 Å². The highest BCUT2D eigenvalue weighted by atomic mass is 79.9. The summed E-state index contributed by atoms with van der Waals surface area (Å²) in [6.45, 7) is 2.87. The first-order valence-electron chi connectivity index (χ1n) is 11.4. The summed E-state index contributed by atoms with van der Waals surface area (Å²) < 4.78 is 17.4. The van der Waals surface area contributed by atoms with E-state index in [1.54, 1.807) is 37.4 Å². The number of ether oxygens (including phenoxy) is 3. The number of halogens is 1. The van der Waals surface area contributed by atoms with Gasteiger partial charge in [0.05, 0.1) is 24.4 Å². The number of carbonyl (C=O) groups is 2. The SMILES string of the molecule is CCOc1ccc(NC(=O)CCC(=O)NN=Cc2cc(Br)c(OCc3ccccc3)c(OC)c2)cc1. The third kappa shape index (κ3) is 8.42. The van der Waals surface area contributed by atoms with E-state index in [1.165, 1.54) is 6.21 Å². The number of methoxy groups -OCH3 is 1. The lowest BCUT2D eigenvalue weighted by atomic mass is 10.2. The number of rotatable bonds is 12. The van der Waals surface area contributed by atoms with Gasteiger partial charge in [-0.1, -0.05) is 30.3 Å². The second kappa shape index (κ2) is 13.9. The van der Waals surface area contributed by atoms with Crippen LogP contribution in [-0.2, 0) is 16.2 Å². The average Bonchev–Trinajstić information content (AvgIpc) is 2.88. The molecule has 0 radical (unpaired) electrons. The topological polar surface area (TPSA) is 98.2 Å². The van der Waals surface area contributed by atoms with E-state index in [1.807, 2.05) is 43.3 Å². The van der Waals surface area contributed by atoms with Crippen molar-refractivity contribution in [2.24, 2.45) is 5.10 Å². The zero-order valence-corrected chi connectivity index (χ0v) is 21.7. The number of carbonyl (C=O) groups excluding carboxylic acids is 2. The summed E-state index contributed by atoms with van der Waals surface area (Å²) in [6.07, 6.45) is 1.52. The Kier molecular flexibility index (Phi) is 10.3. The van der Waals surface area contributed by atoms with Crippen molar-refractivity contribution in [1.82, 2.24) is 5.43 Å². The molecule has 0 aromatic heterocycles. The van der Waals surface area contributed by atoms with Gasteiger partial charge >= 0.3 is 0 Å². The van der Waals surface area contributed by atoms with Gasteiger partial charge in [0.2, 0.25) is 11.8 Å². The van der Waals surface area contributed by atoms with Crippen LogP contribution >= 0.6 is 15.9 Å². The fourth-order valence-corrected chi connectivity index (χ4v) is 3.74. The molecule has 0 fully saturated rings. The Hall–Kier alpha value is -3.85. The normalized spacial score (nSPS) is 10.6. The Bertz CT molecular complexity index is 1180. The van der Waals surface area contributed by atoms with E-state index >= 15 is 0 Å². The van der Waals surface area contributed by atoms with Gasteiger partial charge in [0.25, 0.3) is 0 Å². The number of hydrazone groups is 1. The van der Waals surface area contributed by atoms with Crippen LogP contribution in [0, 0.1) is 0 Å². The van der Waals surface area contributed by atoms with Gasteiger partial charge in [-0.2, -0.15) is 5.10 Å². The van der Waals surface area contributed by atoms with Crippen molar-refractivity contribution in [3.8, 4) is 17.2 Å². The molecule has 2 amide bonds. The minimum Gasteiger partial charge on any atom is -0.494 e. The average molecular weight is 554 g/mol. The van der Waals surface area contributed by atoms with Crippen LogP contribution in [0.15, 0.2) is 76.3 Å². The maximum absolute atomic E-state index is 12.1. The smallest absolute Gasteiger partial charge is 0.240 e. The van der Waals surface area contributed by atoms with Crippen LogP contribution in [0.3, 0.4) is 0 Å². The first kappa shape index (κ1) is 26.7. The number of amides is 2. The number of nitrogens with one attached hydrogen (secondary N) is 2. The van der Waals surface area contributed by atoms with Crippen molar-refractivity contribution in [1.29, 1.82) is 0 Å². The van der Waals surface area contributed by atoms with E-state index in [0.29, 0.717) is 40.4 Å². The summed E-state index contributed by atoms with van der Waals surface area (Å²) >= 11 is 3.51. The van der Waals surface area contributed by atoms with Crippen LogP contribution in [0.2, 0.25) is 0 Å². The Morgan fingerprint density at radius 3 is 2.39 bits per heavy atom. The van der Waals surface area contributed by atoms with Gasteiger partial charge in [-0.3, -0.25) is 9.59 Å². The second-order valence-electron chi connectivity index (χ2n) is 7.61. The molecule has 0 atom stereocenters. The number of hydrogen-bond donors (Lipinski definition) is 2. The van der Waals surface area contributed by atoms with Crippen molar-refractivity contribution >= 4 is 39.6 Å². The molecular weight excluding hydrogens is 526 g/mol. The molecule has 9 heteroatoms. The zero-order chi connectivity index (χ0) is 25.8. The molecule has 2 N–H and O–H groups in total.